The average Bonchev–Trinajstić information content (AvgIpc) is 2.83. The Morgan fingerprint density at radius 2 is 2.17 bits per heavy atom. The van der Waals surface area contributed by atoms with E-state index in [0.717, 1.165) is 30.6 Å². The minimum absolute atomic E-state index is 0.0213. The van der Waals surface area contributed by atoms with Gasteiger partial charge >= 0.3 is 5.00 Å². The molecule has 1 amide bonds. The van der Waals surface area contributed by atoms with Gasteiger partial charge in [-0.1, -0.05) is 11.3 Å². The Morgan fingerprint density at radius 3 is 2.72 bits per heavy atom. The Bertz CT molecular complexity index is 419. The predicted molar refractivity (Wildman–Crippen MR) is 68.9 cm³/mol. The monoisotopic (exact) mass is 272 g/mol. The van der Waals surface area contributed by atoms with Crippen LogP contribution in [0.25, 0.3) is 0 Å². The molecule has 0 saturated heterocycles. The Kier molecular flexibility index (Phi) is 5.73. The molecule has 1 aromatic heterocycles. The van der Waals surface area contributed by atoms with E-state index in [9.17, 15) is 14.9 Å². The third-order valence-electron chi connectivity index (χ3n) is 2.48. The zero-order valence-electron chi connectivity index (χ0n) is 10.2. The molecule has 0 radical (unpaired) electrons. The first-order valence-electron chi connectivity index (χ1n) is 5.67. The zero-order chi connectivity index (χ0) is 13.5. The number of unbranched alkanes of at least 4 members (excludes halogenated alkanes) is 2. The fourth-order valence-electron chi connectivity index (χ4n) is 1.47. The summed E-state index contributed by atoms with van der Waals surface area (Å²) in [4.78, 5) is 23.9. The number of carbonyl (C=O) groups is 1. The summed E-state index contributed by atoms with van der Waals surface area (Å²) in [6.07, 6.45) is 2.40. The molecule has 100 valence electrons. The second-order valence-electron chi connectivity index (χ2n) is 3.91. The molecule has 1 aromatic rings. The van der Waals surface area contributed by atoms with Crippen LogP contribution in [0.15, 0.2) is 12.1 Å². The first kappa shape index (κ1) is 14.6. The fraction of sp³-hybridized carbons (Fsp3) is 0.545. The molecule has 0 aromatic carbocycles. The Labute approximate surface area is 109 Å². The van der Waals surface area contributed by atoms with Gasteiger partial charge in [-0.25, -0.2) is 0 Å². The van der Waals surface area contributed by atoms with Crippen molar-refractivity contribution in [3.8, 4) is 0 Å². The van der Waals surface area contributed by atoms with Crippen LogP contribution >= 0.6 is 11.3 Å². The van der Waals surface area contributed by atoms with Gasteiger partial charge < -0.3 is 10.0 Å². The molecule has 0 bridgehead atoms. The van der Waals surface area contributed by atoms with Gasteiger partial charge in [0.15, 0.2) is 0 Å². The van der Waals surface area contributed by atoms with Crippen LogP contribution in [-0.4, -0.2) is 41.0 Å². The van der Waals surface area contributed by atoms with E-state index in [1.54, 1.807) is 11.9 Å². The second-order valence-corrected chi connectivity index (χ2v) is 4.97. The highest BCUT2D eigenvalue weighted by Gasteiger charge is 2.17. The molecule has 0 aliphatic heterocycles. The van der Waals surface area contributed by atoms with Crippen LogP contribution in [-0.2, 0) is 0 Å². The predicted octanol–water partition coefficient (Wildman–Crippen LogP) is 1.89. The van der Waals surface area contributed by atoms with E-state index < -0.39 is 4.92 Å². The Morgan fingerprint density at radius 1 is 1.44 bits per heavy atom. The molecule has 0 aliphatic rings. The van der Waals surface area contributed by atoms with Gasteiger partial charge in [-0.2, -0.15) is 0 Å². The van der Waals surface area contributed by atoms with Gasteiger partial charge in [-0.15, -0.1) is 0 Å². The molecule has 0 fully saturated rings. The normalized spacial score (nSPS) is 10.3. The highest BCUT2D eigenvalue weighted by atomic mass is 32.1. The standard InChI is InChI=1S/C11H16N2O4S/c1-12(7-3-2-4-8-14)11(15)9-5-6-10(18-9)13(16)17/h5-6,14H,2-4,7-8H2,1H3. The number of thiophene rings is 1. The quantitative estimate of drug-likeness (QED) is 0.466. The van der Waals surface area contributed by atoms with E-state index in [0.29, 0.717) is 11.4 Å². The minimum atomic E-state index is -0.497. The van der Waals surface area contributed by atoms with Gasteiger partial charge in [0.05, 0.1) is 9.80 Å². The summed E-state index contributed by atoms with van der Waals surface area (Å²) in [6, 6.07) is 2.83. The van der Waals surface area contributed by atoms with Gasteiger partial charge in [-0.05, 0) is 25.3 Å². The van der Waals surface area contributed by atoms with Crippen LogP contribution in [0.5, 0.6) is 0 Å². The summed E-state index contributed by atoms with van der Waals surface area (Å²) >= 11 is 0.891. The lowest BCUT2D eigenvalue weighted by molar-refractivity contribution is -0.380. The van der Waals surface area contributed by atoms with Gasteiger partial charge in [0, 0.05) is 26.3 Å². The highest BCUT2D eigenvalue weighted by molar-refractivity contribution is 7.17. The Balaban J connectivity index is 2.49. The number of rotatable bonds is 7. The molecular weight excluding hydrogens is 256 g/mol. The number of hydrogen-bond acceptors (Lipinski definition) is 5. The average molecular weight is 272 g/mol. The van der Waals surface area contributed by atoms with Crippen LogP contribution in [0, 0.1) is 10.1 Å². The van der Waals surface area contributed by atoms with E-state index in [1.165, 1.54) is 12.1 Å². The smallest absolute Gasteiger partial charge is 0.324 e. The lowest BCUT2D eigenvalue weighted by Crippen LogP contribution is -2.27. The van der Waals surface area contributed by atoms with Crippen LogP contribution in [0.3, 0.4) is 0 Å². The van der Waals surface area contributed by atoms with Crippen molar-refractivity contribution in [2.75, 3.05) is 20.2 Å². The topological polar surface area (TPSA) is 83.7 Å². The molecule has 7 heteroatoms. The number of aliphatic hydroxyl groups is 1. The second kappa shape index (κ2) is 7.07. The molecule has 0 spiro atoms. The minimum Gasteiger partial charge on any atom is -0.396 e. The van der Waals surface area contributed by atoms with E-state index in [1.807, 2.05) is 0 Å². The van der Waals surface area contributed by atoms with Crippen LogP contribution < -0.4 is 0 Å². The number of nitrogens with zero attached hydrogens (tertiary/aromatic N) is 2. The third kappa shape index (κ3) is 4.08. The van der Waals surface area contributed by atoms with E-state index in [2.05, 4.69) is 0 Å². The van der Waals surface area contributed by atoms with Crippen molar-refractivity contribution < 1.29 is 14.8 Å². The first-order chi connectivity index (χ1) is 8.56. The number of amides is 1. The molecule has 18 heavy (non-hydrogen) atoms. The molecule has 1 N–H and O–H groups in total. The van der Waals surface area contributed by atoms with Crippen molar-refractivity contribution >= 4 is 22.2 Å². The van der Waals surface area contributed by atoms with E-state index >= 15 is 0 Å². The van der Waals surface area contributed by atoms with Crippen molar-refractivity contribution in [3.63, 3.8) is 0 Å². The van der Waals surface area contributed by atoms with Crippen LogP contribution in [0.2, 0.25) is 0 Å². The van der Waals surface area contributed by atoms with E-state index in [4.69, 9.17) is 5.11 Å². The Hall–Kier alpha value is -1.47. The number of carbonyl (C=O) groups excluding carboxylic acids is 1. The van der Waals surface area contributed by atoms with Gasteiger partial charge in [0.2, 0.25) is 0 Å². The maximum Gasteiger partial charge on any atom is 0.324 e. The maximum absolute atomic E-state index is 11.9. The van der Waals surface area contributed by atoms with Gasteiger partial charge in [0.25, 0.3) is 5.91 Å². The summed E-state index contributed by atoms with van der Waals surface area (Å²) in [7, 11) is 1.67. The summed E-state index contributed by atoms with van der Waals surface area (Å²) in [6.45, 7) is 0.749. The molecular formula is C11H16N2O4S. The summed E-state index contributed by atoms with van der Waals surface area (Å²) < 4.78 is 0. The number of hydrogen-bond donors (Lipinski definition) is 1. The van der Waals surface area contributed by atoms with Crippen molar-refractivity contribution in [1.29, 1.82) is 0 Å². The van der Waals surface area contributed by atoms with Crippen molar-refractivity contribution in [1.82, 2.24) is 4.90 Å². The molecule has 1 rings (SSSR count). The van der Waals surface area contributed by atoms with Gasteiger partial charge in [-0.3, -0.25) is 14.9 Å². The molecule has 0 unspecified atom stereocenters. The third-order valence-corrected chi connectivity index (χ3v) is 3.51. The van der Waals surface area contributed by atoms with E-state index in [-0.39, 0.29) is 17.5 Å². The molecule has 0 saturated carbocycles. The molecule has 0 aliphatic carbocycles. The number of aliphatic hydroxyl groups excluding tert-OH is 1. The SMILES string of the molecule is CN(CCCCCO)C(=O)c1ccc([N+](=O)[O-])s1. The van der Waals surface area contributed by atoms with Gasteiger partial charge in [0.1, 0.15) is 0 Å². The van der Waals surface area contributed by atoms with Crippen molar-refractivity contribution in [2.24, 2.45) is 0 Å². The zero-order valence-corrected chi connectivity index (χ0v) is 11.0. The van der Waals surface area contributed by atoms with Crippen molar-refractivity contribution in [2.45, 2.75) is 19.3 Å². The summed E-state index contributed by atoms with van der Waals surface area (Å²) in [5.74, 6) is -0.197. The number of nitro groups is 1. The van der Waals surface area contributed by atoms with Crippen LogP contribution in [0.4, 0.5) is 5.00 Å². The highest BCUT2D eigenvalue weighted by Crippen LogP contribution is 2.24. The van der Waals surface area contributed by atoms with Crippen molar-refractivity contribution in [3.05, 3.63) is 27.1 Å². The summed E-state index contributed by atoms with van der Waals surface area (Å²) in [5, 5.41) is 19.1. The molecule has 0 atom stereocenters. The van der Waals surface area contributed by atoms with Crippen LogP contribution in [0.1, 0.15) is 28.9 Å². The fourth-order valence-corrected chi connectivity index (χ4v) is 2.28. The molecule has 6 nitrogen and oxygen atoms in total. The summed E-state index contributed by atoms with van der Waals surface area (Å²) in [5.41, 5.74) is 0. The first-order valence-corrected chi connectivity index (χ1v) is 6.48. The lowest BCUT2D eigenvalue weighted by atomic mass is 10.2. The largest absolute Gasteiger partial charge is 0.396 e. The maximum atomic E-state index is 11.9. The lowest BCUT2D eigenvalue weighted by Gasteiger charge is -2.15. The molecule has 1 heterocycles.